The summed E-state index contributed by atoms with van der Waals surface area (Å²) in [6.45, 7) is 3.83. The Labute approximate surface area is 152 Å². The van der Waals surface area contributed by atoms with E-state index in [9.17, 15) is 9.59 Å². The van der Waals surface area contributed by atoms with E-state index in [-0.39, 0.29) is 18.4 Å². The van der Waals surface area contributed by atoms with Gasteiger partial charge in [0.25, 0.3) is 5.91 Å². The fraction of sp³-hybridized carbons (Fsp3) is 0.250. The van der Waals surface area contributed by atoms with Crippen molar-refractivity contribution >= 4 is 23.2 Å². The summed E-state index contributed by atoms with van der Waals surface area (Å²) in [6.07, 6.45) is 0.463. The molecule has 134 valence electrons. The standard InChI is InChI=1S/C20H21N3O3/c1-14(2)11-19(24)22-16-5-7-17(8-6-16)23-20(25)13-26-18-9-3-15(12-21)4-10-18/h3-10,14H,11,13H2,1-2H3,(H,22,24)(H,23,25). The maximum absolute atomic E-state index is 11.9. The molecule has 2 rings (SSSR count). The molecule has 0 atom stereocenters. The largest absolute Gasteiger partial charge is 0.484 e. The van der Waals surface area contributed by atoms with Gasteiger partial charge in [-0.15, -0.1) is 0 Å². The van der Waals surface area contributed by atoms with Gasteiger partial charge in [0.05, 0.1) is 11.6 Å². The van der Waals surface area contributed by atoms with Crippen LogP contribution < -0.4 is 15.4 Å². The minimum absolute atomic E-state index is 0.0346. The van der Waals surface area contributed by atoms with E-state index in [1.54, 1.807) is 48.5 Å². The highest BCUT2D eigenvalue weighted by Gasteiger charge is 2.07. The van der Waals surface area contributed by atoms with Crippen LogP contribution in [-0.4, -0.2) is 18.4 Å². The molecule has 0 aliphatic heterocycles. The van der Waals surface area contributed by atoms with E-state index in [0.29, 0.717) is 35.0 Å². The lowest BCUT2D eigenvalue weighted by atomic mass is 10.1. The van der Waals surface area contributed by atoms with Gasteiger partial charge in [0.2, 0.25) is 5.91 Å². The molecule has 2 N–H and O–H groups in total. The molecular weight excluding hydrogens is 330 g/mol. The smallest absolute Gasteiger partial charge is 0.262 e. The second kappa shape index (κ2) is 9.23. The first-order chi connectivity index (χ1) is 12.5. The van der Waals surface area contributed by atoms with E-state index >= 15 is 0 Å². The molecule has 0 aromatic heterocycles. The molecular formula is C20H21N3O3. The summed E-state index contributed by atoms with van der Waals surface area (Å²) >= 11 is 0. The minimum Gasteiger partial charge on any atom is -0.484 e. The number of nitrogens with one attached hydrogen (secondary N) is 2. The van der Waals surface area contributed by atoms with E-state index in [0.717, 1.165) is 0 Å². The number of anilines is 2. The molecule has 0 unspecified atom stereocenters. The average molecular weight is 351 g/mol. The molecule has 6 nitrogen and oxygen atoms in total. The Kier molecular flexibility index (Phi) is 6.75. The number of nitriles is 1. The van der Waals surface area contributed by atoms with E-state index in [1.165, 1.54) is 0 Å². The Morgan fingerprint density at radius 3 is 2.00 bits per heavy atom. The zero-order valence-electron chi connectivity index (χ0n) is 14.8. The summed E-state index contributed by atoms with van der Waals surface area (Å²) in [5.41, 5.74) is 1.82. The zero-order chi connectivity index (χ0) is 18.9. The lowest BCUT2D eigenvalue weighted by molar-refractivity contribution is -0.118. The summed E-state index contributed by atoms with van der Waals surface area (Å²) in [4.78, 5) is 23.7. The fourth-order valence-corrected chi connectivity index (χ4v) is 2.19. The fourth-order valence-electron chi connectivity index (χ4n) is 2.19. The predicted molar refractivity (Wildman–Crippen MR) is 99.8 cm³/mol. The Hall–Kier alpha value is -3.33. The molecule has 0 aliphatic rings. The number of hydrogen-bond donors (Lipinski definition) is 2. The van der Waals surface area contributed by atoms with Crippen LogP contribution in [0.3, 0.4) is 0 Å². The second-order valence-corrected chi connectivity index (χ2v) is 6.20. The van der Waals surface area contributed by atoms with Crippen LogP contribution in [0.25, 0.3) is 0 Å². The SMILES string of the molecule is CC(C)CC(=O)Nc1ccc(NC(=O)COc2ccc(C#N)cc2)cc1. The highest BCUT2D eigenvalue weighted by atomic mass is 16.5. The molecule has 0 saturated heterocycles. The minimum atomic E-state index is -0.300. The summed E-state index contributed by atoms with van der Waals surface area (Å²) in [5, 5.41) is 14.3. The number of rotatable bonds is 7. The number of ether oxygens (including phenoxy) is 1. The van der Waals surface area contributed by atoms with E-state index < -0.39 is 0 Å². The van der Waals surface area contributed by atoms with Crippen molar-refractivity contribution in [1.29, 1.82) is 5.26 Å². The Morgan fingerprint density at radius 2 is 1.50 bits per heavy atom. The predicted octanol–water partition coefficient (Wildman–Crippen LogP) is 3.56. The molecule has 2 amide bonds. The second-order valence-electron chi connectivity index (χ2n) is 6.20. The number of carbonyl (C=O) groups excluding carboxylic acids is 2. The van der Waals surface area contributed by atoms with Gasteiger partial charge in [0.1, 0.15) is 5.75 Å². The van der Waals surface area contributed by atoms with Crippen molar-refractivity contribution in [2.75, 3.05) is 17.2 Å². The normalized spacial score (nSPS) is 10.1. The molecule has 0 bridgehead atoms. The van der Waals surface area contributed by atoms with Crippen LogP contribution in [0.15, 0.2) is 48.5 Å². The van der Waals surface area contributed by atoms with Crippen molar-refractivity contribution in [3.63, 3.8) is 0 Å². The maximum Gasteiger partial charge on any atom is 0.262 e. The number of amides is 2. The molecule has 2 aromatic carbocycles. The van der Waals surface area contributed by atoms with Gasteiger partial charge in [-0.1, -0.05) is 13.8 Å². The molecule has 0 spiro atoms. The van der Waals surface area contributed by atoms with Gasteiger partial charge < -0.3 is 15.4 Å². The van der Waals surface area contributed by atoms with Gasteiger partial charge in [-0.25, -0.2) is 0 Å². The Morgan fingerprint density at radius 1 is 0.962 bits per heavy atom. The van der Waals surface area contributed by atoms with Gasteiger partial charge in [-0.2, -0.15) is 5.26 Å². The van der Waals surface area contributed by atoms with Crippen LogP contribution in [-0.2, 0) is 9.59 Å². The highest BCUT2D eigenvalue weighted by molar-refractivity contribution is 5.93. The topological polar surface area (TPSA) is 91.2 Å². The third-order valence-electron chi connectivity index (χ3n) is 3.40. The maximum atomic E-state index is 11.9. The monoisotopic (exact) mass is 351 g/mol. The van der Waals surface area contributed by atoms with Gasteiger partial charge in [-0.05, 0) is 54.4 Å². The first-order valence-corrected chi connectivity index (χ1v) is 8.29. The molecule has 26 heavy (non-hydrogen) atoms. The summed E-state index contributed by atoms with van der Waals surface area (Å²) < 4.78 is 5.37. The first-order valence-electron chi connectivity index (χ1n) is 8.29. The Balaban J connectivity index is 1.81. The van der Waals surface area contributed by atoms with Gasteiger partial charge in [-0.3, -0.25) is 9.59 Å². The summed E-state index contributed by atoms with van der Waals surface area (Å²) in [6, 6.07) is 15.4. The molecule has 0 radical (unpaired) electrons. The Bertz CT molecular complexity index is 791. The number of nitrogens with zero attached hydrogens (tertiary/aromatic N) is 1. The zero-order valence-corrected chi connectivity index (χ0v) is 14.8. The van der Waals surface area contributed by atoms with Crippen molar-refractivity contribution in [2.24, 2.45) is 5.92 Å². The van der Waals surface area contributed by atoms with E-state index in [2.05, 4.69) is 10.6 Å². The third kappa shape index (κ3) is 6.29. The molecule has 6 heteroatoms. The molecule has 0 saturated carbocycles. The number of carbonyl (C=O) groups is 2. The quantitative estimate of drug-likeness (QED) is 0.798. The molecule has 0 heterocycles. The van der Waals surface area contributed by atoms with E-state index in [4.69, 9.17) is 10.00 Å². The average Bonchev–Trinajstić information content (AvgIpc) is 2.61. The summed E-state index contributed by atoms with van der Waals surface area (Å²) in [5.74, 6) is 0.477. The lowest BCUT2D eigenvalue weighted by Crippen LogP contribution is -2.20. The highest BCUT2D eigenvalue weighted by Crippen LogP contribution is 2.15. The molecule has 0 aliphatic carbocycles. The van der Waals surface area contributed by atoms with Crippen LogP contribution in [0.4, 0.5) is 11.4 Å². The summed E-state index contributed by atoms with van der Waals surface area (Å²) in [7, 11) is 0. The van der Waals surface area contributed by atoms with Crippen molar-refractivity contribution in [1.82, 2.24) is 0 Å². The van der Waals surface area contributed by atoms with Crippen LogP contribution in [0.5, 0.6) is 5.75 Å². The van der Waals surface area contributed by atoms with Crippen molar-refractivity contribution in [3.8, 4) is 11.8 Å². The molecule has 2 aromatic rings. The van der Waals surface area contributed by atoms with Crippen molar-refractivity contribution in [2.45, 2.75) is 20.3 Å². The van der Waals surface area contributed by atoms with Gasteiger partial charge >= 0.3 is 0 Å². The lowest BCUT2D eigenvalue weighted by Gasteiger charge is -2.10. The van der Waals surface area contributed by atoms with Gasteiger partial charge in [0.15, 0.2) is 6.61 Å². The van der Waals surface area contributed by atoms with Gasteiger partial charge in [0, 0.05) is 17.8 Å². The first kappa shape index (κ1) is 19.0. The van der Waals surface area contributed by atoms with Crippen LogP contribution in [0.1, 0.15) is 25.8 Å². The number of hydrogen-bond acceptors (Lipinski definition) is 4. The van der Waals surface area contributed by atoms with Crippen LogP contribution >= 0.6 is 0 Å². The molecule has 0 fully saturated rings. The van der Waals surface area contributed by atoms with Crippen molar-refractivity contribution < 1.29 is 14.3 Å². The van der Waals surface area contributed by atoms with Crippen molar-refractivity contribution in [3.05, 3.63) is 54.1 Å². The van der Waals surface area contributed by atoms with Crippen LogP contribution in [0.2, 0.25) is 0 Å². The number of benzene rings is 2. The van der Waals surface area contributed by atoms with Crippen LogP contribution in [0, 0.1) is 17.2 Å². The third-order valence-corrected chi connectivity index (χ3v) is 3.40. The van der Waals surface area contributed by atoms with E-state index in [1.807, 2.05) is 19.9 Å².